The number of alkyl halides is 1. The van der Waals surface area contributed by atoms with E-state index in [9.17, 15) is 0 Å². The highest BCUT2D eigenvalue weighted by Crippen LogP contribution is 2.02. The Morgan fingerprint density at radius 2 is 2.33 bits per heavy atom. The van der Waals surface area contributed by atoms with Gasteiger partial charge in [0.15, 0.2) is 0 Å². The Bertz CT molecular complexity index is 131. The van der Waals surface area contributed by atoms with Crippen molar-refractivity contribution in [1.82, 2.24) is 0 Å². The van der Waals surface area contributed by atoms with Gasteiger partial charge in [-0.25, -0.2) is 4.99 Å². The van der Waals surface area contributed by atoms with Gasteiger partial charge in [0, 0.05) is 6.20 Å². The Morgan fingerprint density at radius 3 is 2.67 bits per heavy atom. The molecule has 0 aliphatic carbocycles. The van der Waals surface area contributed by atoms with Crippen LogP contribution >= 0.6 is 45.8 Å². The van der Waals surface area contributed by atoms with Gasteiger partial charge in [0.2, 0.25) is 0 Å². The van der Waals surface area contributed by atoms with Crippen LogP contribution in [0.2, 0.25) is 0 Å². The van der Waals surface area contributed by atoms with Crippen molar-refractivity contribution in [3.8, 4) is 0 Å². The quantitative estimate of drug-likeness (QED) is 0.418. The van der Waals surface area contributed by atoms with Gasteiger partial charge < -0.3 is 0 Å². The molecule has 52 valence electrons. The molecule has 1 unspecified atom stereocenters. The fourth-order valence-corrected chi connectivity index (χ4v) is 0.476. The Hall–Kier alpha value is 0.720. The molecule has 0 radical (unpaired) electrons. The van der Waals surface area contributed by atoms with Crippen LogP contribution in [0, 0.1) is 0 Å². The molecule has 0 saturated carbocycles. The summed E-state index contributed by atoms with van der Waals surface area (Å²) < 4.78 is 1.76. The zero-order chi connectivity index (χ0) is 7.28. The van der Waals surface area contributed by atoms with Crippen molar-refractivity contribution < 1.29 is 0 Å². The normalized spacial score (nSPS) is 16.7. The average molecular weight is 278 g/mol. The van der Waals surface area contributed by atoms with E-state index in [0.29, 0.717) is 5.17 Å². The number of hydrogen-bond donors (Lipinski definition) is 0. The number of halogens is 3. The van der Waals surface area contributed by atoms with Crippen molar-refractivity contribution >= 4 is 51.0 Å². The lowest BCUT2D eigenvalue weighted by molar-refractivity contribution is 1.30. The summed E-state index contributed by atoms with van der Waals surface area (Å²) in [7, 11) is 0. The standard InChI is InChI=1S/C5H6Cl2IN/c1-4(6)5(7)9-3-2-8/h2-4H,1H3/b3-2-,9-5+. The predicted molar refractivity (Wildman–Crippen MR) is 51.8 cm³/mol. The van der Waals surface area contributed by atoms with Gasteiger partial charge in [-0.3, -0.25) is 0 Å². The second-order valence-electron chi connectivity index (χ2n) is 1.34. The van der Waals surface area contributed by atoms with E-state index in [2.05, 4.69) is 27.6 Å². The van der Waals surface area contributed by atoms with Crippen molar-refractivity contribution in [3.63, 3.8) is 0 Å². The van der Waals surface area contributed by atoms with Gasteiger partial charge in [-0.15, -0.1) is 11.6 Å². The van der Waals surface area contributed by atoms with Crippen LogP contribution < -0.4 is 0 Å². The van der Waals surface area contributed by atoms with Crippen LogP contribution in [0.3, 0.4) is 0 Å². The van der Waals surface area contributed by atoms with Crippen LogP contribution in [0.1, 0.15) is 6.92 Å². The third-order valence-corrected chi connectivity index (χ3v) is 1.65. The summed E-state index contributed by atoms with van der Waals surface area (Å²) in [5.74, 6) is 0. The first-order valence-electron chi connectivity index (χ1n) is 2.31. The minimum atomic E-state index is -0.195. The lowest BCUT2D eigenvalue weighted by atomic mass is 10.5. The molecule has 0 aromatic carbocycles. The van der Waals surface area contributed by atoms with Gasteiger partial charge in [-0.05, 0) is 11.0 Å². The molecule has 0 fully saturated rings. The molecule has 0 heterocycles. The van der Waals surface area contributed by atoms with E-state index in [1.54, 1.807) is 17.2 Å². The molecule has 9 heavy (non-hydrogen) atoms. The van der Waals surface area contributed by atoms with Crippen LogP contribution in [-0.4, -0.2) is 10.5 Å². The maximum Gasteiger partial charge on any atom is 0.123 e. The van der Waals surface area contributed by atoms with Crippen LogP contribution in [0.5, 0.6) is 0 Å². The summed E-state index contributed by atoms with van der Waals surface area (Å²) >= 11 is 13.2. The van der Waals surface area contributed by atoms with Gasteiger partial charge in [-0.1, -0.05) is 34.2 Å². The first kappa shape index (κ1) is 9.72. The average Bonchev–Trinajstić information content (AvgIpc) is 1.82. The first-order chi connectivity index (χ1) is 4.18. The highest BCUT2D eigenvalue weighted by Gasteiger charge is 1.99. The largest absolute Gasteiger partial charge is 0.247 e. The van der Waals surface area contributed by atoms with Crippen LogP contribution in [0.15, 0.2) is 15.3 Å². The fraction of sp³-hybridized carbons (Fsp3) is 0.400. The van der Waals surface area contributed by atoms with Crippen molar-refractivity contribution in [3.05, 3.63) is 10.3 Å². The van der Waals surface area contributed by atoms with Gasteiger partial charge in [-0.2, -0.15) is 0 Å². The van der Waals surface area contributed by atoms with E-state index in [0.717, 1.165) is 0 Å². The summed E-state index contributed by atoms with van der Waals surface area (Å²) in [6.07, 6.45) is 1.60. The smallest absolute Gasteiger partial charge is 0.123 e. The van der Waals surface area contributed by atoms with Gasteiger partial charge in [0.1, 0.15) is 5.17 Å². The number of rotatable bonds is 2. The highest BCUT2D eigenvalue weighted by atomic mass is 127. The molecule has 4 heteroatoms. The summed E-state index contributed by atoms with van der Waals surface area (Å²) in [6.45, 7) is 1.77. The first-order valence-corrected chi connectivity index (χ1v) is 4.37. The Labute approximate surface area is 78.3 Å². The molecule has 0 N–H and O–H groups in total. The van der Waals surface area contributed by atoms with E-state index in [1.165, 1.54) is 0 Å². The monoisotopic (exact) mass is 277 g/mol. The third-order valence-electron chi connectivity index (χ3n) is 0.582. The maximum absolute atomic E-state index is 5.56. The molecule has 0 aliphatic rings. The van der Waals surface area contributed by atoms with E-state index >= 15 is 0 Å². The SMILES string of the molecule is CC(Cl)/C(Cl)=N\C=C/I. The van der Waals surface area contributed by atoms with Gasteiger partial charge >= 0.3 is 0 Å². The van der Waals surface area contributed by atoms with Crippen molar-refractivity contribution in [2.45, 2.75) is 12.3 Å². The second-order valence-corrected chi connectivity index (χ2v) is 3.10. The molecule has 0 rings (SSSR count). The summed E-state index contributed by atoms with van der Waals surface area (Å²) in [5, 5.41) is 0.226. The number of nitrogens with zero attached hydrogens (tertiary/aromatic N) is 1. The fourth-order valence-electron chi connectivity index (χ4n) is 0.202. The second kappa shape index (κ2) is 5.50. The lowest BCUT2D eigenvalue weighted by Gasteiger charge is -1.94. The van der Waals surface area contributed by atoms with Gasteiger partial charge in [0.25, 0.3) is 0 Å². The molecule has 0 saturated heterocycles. The minimum Gasteiger partial charge on any atom is -0.247 e. The molecule has 0 aliphatic heterocycles. The Morgan fingerprint density at radius 1 is 1.78 bits per heavy atom. The maximum atomic E-state index is 5.56. The Balaban J connectivity index is 3.84. The van der Waals surface area contributed by atoms with Crippen LogP contribution in [0.4, 0.5) is 0 Å². The van der Waals surface area contributed by atoms with Crippen LogP contribution in [0.25, 0.3) is 0 Å². The number of aliphatic imine (C=N–C) groups is 1. The minimum absolute atomic E-state index is 0.195. The summed E-state index contributed by atoms with van der Waals surface area (Å²) in [6, 6.07) is 0. The molecule has 1 nitrogen and oxygen atoms in total. The molecule has 0 aromatic heterocycles. The van der Waals surface area contributed by atoms with Crippen LogP contribution in [-0.2, 0) is 0 Å². The molecular formula is C5H6Cl2IN. The predicted octanol–water partition coefficient (Wildman–Crippen LogP) is 3.16. The van der Waals surface area contributed by atoms with Gasteiger partial charge in [0.05, 0.1) is 5.38 Å². The summed E-state index contributed by atoms with van der Waals surface area (Å²) in [5.41, 5.74) is 0. The van der Waals surface area contributed by atoms with Crippen molar-refractivity contribution in [2.75, 3.05) is 0 Å². The zero-order valence-electron chi connectivity index (χ0n) is 4.81. The topological polar surface area (TPSA) is 12.4 Å². The zero-order valence-corrected chi connectivity index (χ0v) is 8.48. The van der Waals surface area contributed by atoms with Crippen molar-refractivity contribution in [2.24, 2.45) is 4.99 Å². The van der Waals surface area contributed by atoms with E-state index in [4.69, 9.17) is 23.2 Å². The molecule has 0 spiro atoms. The third kappa shape index (κ3) is 5.18. The van der Waals surface area contributed by atoms with Crippen molar-refractivity contribution in [1.29, 1.82) is 0 Å². The molecule has 0 aromatic rings. The lowest BCUT2D eigenvalue weighted by Crippen LogP contribution is -2.00. The van der Waals surface area contributed by atoms with E-state index in [1.807, 2.05) is 0 Å². The summed E-state index contributed by atoms with van der Waals surface area (Å²) in [4.78, 5) is 3.80. The molecule has 1 atom stereocenters. The highest BCUT2D eigenvalue weighted by molar-refractivity contribution is 14.1. The van der Waals surface area contributed by atoms with E-state index < -0.39 is 0 Å². The Kier molecular flexibility index (Phi) is 5.94. The molecule has 0 amide bonds. The number of hydrogen-bond acceptors (Lipinski definition) is 1. The molecular weight excluding hydrogens is 272 g/mol. The molecule has 0 bridgehead atoms. The van der Waals surface area contributed by atoms with E-state index in [-0.39, 0.29) is 5.38 Å².